The second-order valence-electron chi connectivity index (χ2n) is 5.73. The highest BCUT2D eigenvalue weighted by atomic mass is 19.1. The first kappa shape index (κ1) is 16.8. The summed E-state index contributed by atoms with van der Waals surface area (Å²) >= 11 is 0. The molecular formula is C20H18FNO3. The molecule has 5 heteroatoms. The van der Waals surface area contributed by atoms with Crippen molar-refractivity contribution in [2.75, 3.05) is 5.32 Å². The van der Waals surface area contributed by atoms with Gasteiger partial charge in [0.25, 0.3) is 5.91 Å². The van der Waals surface area contributed by atoms with E-state index in [0.29, 0.717) is 11.5 Å². The lowest BCUT2D eigenvalue weighted by molar-refractivity contribution is 0.0992. The number of carbonyl (C=O) groups excluding carboxylic acids is 1. The predicted octanol–water partition coefficient (Wildman–Crippen LogP) is 4.87. The summed E-state index contributed by atoms with van der Waals surface area (Å²) < 4.78 is 23.9. The molecule has 0 spiro atoms. The summed E-state index contributed by atoms with van der Waals surface area (Å²) in [6.45, 7) is 4.03. The fourth-order valence-electron chi connectivity index (χ4n) is 2.45. The Kier molecular flexibility index (Phi) is 4.84. The van der Waals surface area contributed by atoms with E-state index < -0.39 is 0 Å². The molecule has 0 radical (unpaired) electrons. The zero-order valence-electron chi connectivity index (χ0n) is 14.0. The largest absolute Gasteiger partial charge is 0.486 e. The molecule has 4 nitrogen and oxygen atoms in total. The maximum atomic E-state index is 12.9. The Labute approximate surface area is 145 Å². The van der Waals surface area contributed by atoms with E-state index in [2.05, 4.69) is 5.32 Å². The molecular weight excluding hydrogens is 321 g/mol. The molecule has 1 amide bonds. The number of halogens is 1. The molecule has 0 aliphatic carbocycles. The summed E-state index contributed by atoms with van der Waals surface area (Å²) in [6, 6.07) is 14.8. The SMILES string of the molecule is Cc1cccc(C)c1NC(=O)c1ccc(COc2ccc(F)cc2)o1. The van der Waals surface area contributed by atoms with Gasteiger partial charge in [-0.05, 0) is 61.4 Å². The predicted molar refractivity (Wildman–Crippen MR) is 93.3 cm³/mol. The smallest absolute Gasteiger partial charge is 0.291 e. The molecule has 25 heavy (non-hydrogen) atoms. The quantitative estimate of drug-likeness (QED) is 0.722. The minimum atomic E-state index is -0.323. The molecule has 128 valence electrons. The van der Waals surface area contributed by atoms with Gasteiger partial charge < -0.3 is 14.5 Å². The molecule has 0 aliphatic heterocycles. The Morgan fingerprint density at radius 1 is 1.04 bits per heavy atom. The average molecular weight is 339 g/mol. The molecule has 1 aromatic heterocycles. The van der Waals surface area contributed by atoms with Gasteiger partial charge >= 0.3 is 0 Å². The molecule has 0 saturated heterocycles. The normalized spacial score (nSPS) is 10.5. The Bertz CT molecular complexity index is 864. The van der Waals surface area contributed by atoms with Crippen LogP contribution in [0.3, 0.4) is 0 Å². The lowest BCUT2D eigenvalue weighted by Gasteiger charge is -2.10. The standard InChI is InChI=1S/C20H18FNO3/c1-13-4-3-5-14(2)19(13)22-20(23)18-11-10-17(25-18)12-24-16-8-6-15(21)7-9-16/h3-11H,12H2,1-2H3,(H,22,23). The van der Waals surface area contributed by atoms with E-state index >= 15 is 0 Å². The van der Waals surface area contributed by atoms with Gasteiger partial charge in [0.05, 0.1) is 0 Å². The molecule has 3 aromatic rings. The van der Waals surface area contributed by atoms with Crippen LogP contribution in [0, 0.1) is 19.7 Å². The van der Waals surface area contributed by atoms with E-state index in [4.69, 9.17) is 9.15 Å². The molecule has 0 aliphatic rings. The number of ether oxygens (including phenoxy) is 1. The van der Waals surface area contributed by atoms with Crippen LogP contribution in [0.1, 0.15) is 27.4 Å². The summed E-state index contributed by atoms with van der Waals surface area (Å²) in [6.07, 6.45) is 0. The number of carbonyl (C=O) groups is 1. The summed E-state index contributed by atoms with van der Waals surface area (Å²) in [5, 5.41) is 2.87. The van der Waals surface area contributed by atoms with Crippen molar-refractivity contribution in [3.8, 4) is 5.75 Å². The van der Waals surface area contributed by atoms with E-state index in [1.54, 1.807) is 12.1 Å². The molecule has 3 rings (SSSR count). The van der Waals surface area contributed by atoms with Crippen molar-refractivity contribution in [3.63, 3.8) is 0 Å². The van der Waals surface area contributed by atoms with Crippen LogP contribution in [0.4, 0.5) is 10.1 Å². The van der Waals surface area contributed by atoms with Crippen LogP contribution in [0.15, 0.2) is 59.0 Å². The first-order chi connectivity index (χ1) is 12.0. The van der Waals surface area contributed by atoms with Gasteiger partial charge in [-0.2, -0.15) is 0 Å². The van der Waals surface area contributed by atoms with Gasteiger partial charge in [-0.15, -0.1) is 0 Å². The van der Waals surface area contributed by atoms with Gasteiger partial charge in [0.1, 0.15) is 23.9 Å². The molecule has 1 heterocycles. The third kappa shape index (κ3) is 4.07. The highest BCUT2D eigenvalue weighted by Crippen LogP contribution is 2.21. The molecule has 0 atom stereocenters. The van der Waals surface area contributed by atoms with Gasteiger partial charge in [-0.3, -0.25) is 4.79 Å². The third-order valence-electron chi connectivity index (χ3n) is 3.80. The van der Waals surface area contributed by atoms with Crippen LogP contribution in [0.5, 0.6) is 5.75 Å². The molecule has 1 N–H and O–H groups in total. The number of benzene rings is 2. The van der Waals surface area contributed by atoms with Gasteiger partial charge in [-0.1, -0.05) is 18.2 Å². The van der Waals surface area contributed by atoms with Crippen molar-refractivity contribution < 1.29 is 18.3 Å². The maximum Gasteiger partial charge on any atom is 0.291 e. The molecule has 0 fully saturated rings. The number of amides is 1. The molecule has 0 saturated carbocycles. The Morgan fingerprint density at radius 2 is 1.72 bits per heavy atom. The van der Waals surface area contributed by atoms with Crippen LogP contribution in [-0.2, 0) is 6.61 Å². The highest BCUT2D eigenvalue weighted by molar-refractivity contribution is 6.03. The molecule has 0 bridgehead atoms. The number of hydrogen-bond donors (Lipinski definition) is 1. The van der Waals surface area contributed by atoms with E-state index in [9.17, 15) is 9.18 Å². The highest BCUT2D eigenvalue weighted by Gasteiger charge is 2.14. The zero-order chi connectivity index (χ0) is 17.8. The monoisotopic (exact) mass is 339 g/mol. The average Bonchev–Trinajstić information content (AvgIpc) is 3.07. The number of aryl methyl sites for hydroxylation is 2. The summed E-state index contributed by atoms with van der Waals surface area (Å²) in [5.74, 6) is 0.608. The maximum absolute atomic E-state index is 12.9. The Morgan fingerprint density at radius 3 is 2.40 bits per heavy atom. The van der Waals surface area contributed by atoms with Crippen molar-refractivity contribution >= 4 is 11.6 Å². The summed E-state index contributed by atoms with van der Waals surface area (Å²) in [7, 11) is 0. The zero-order valence-corrected chi connectivity index (χ0v) is 14.0. The number of anilines is 1. The minimum Gasteiger partial charge on any atom is -0.486 e. The number of nitrogens with one attached hydrogen (secondary N) is 1. The van der Waals surface area contributed by atoms with Crippen molar-refractivity contribution in [2.24, 2.45) is 0 Å². The topological polar surface area (TPSA) is 51.5 Å². The third-order valence-corrected chi connectivity index (χ3v) is 3.80. The van der Waals surface area contributed by atoms with E-state index in [1.165, 1.54) is 24.3 Å². The fraction of sp³-hybridized carbons (Fsp3) is 0.150. The molecule has 2 aromatic carbocycles. The fourth-order valence-corrected chi connectivity index (χ4v) is 2.45. The van der Waals surface area contributed by atoms with Gasteiger partial charge in [0.2, 0.25) is 0 Å². The minimum absolute atomic E-state index is 0.155. The van der Waals surface area contributed by atoms with Crippen LogP contribution in [0.25, 0.3) is 0 Å². The van der Waals surface area contributed by atoms with Gasteiger partial charge in [-0.25, -0.2) is 4.39 Å². The van der Waals surface area contributed by atoms with Crippen LogP contribution >= 0.6 is 0 Å². The van der Waals surface area contributed by atoms with Crippen molar-refractivity contribution in [1.29, 1.82) is 0 Å². The van der Waals surface area contributed by atoms with Crippen LogP contribution in [0.2, 0.25) is 0 Å². The van der Waals surface area contributed by atoms with Crippen LogP contribution in [-0.4, -0.2) is 5.91 Å². The van der Waals surface area contributed by atoms with Gasteiger partial charge in [0, 0.05) is 5.69 Å². The molecule has 0 unspecified atom stereocenters. The lowest BCUT2D eigenvalue weighted by Crippen LogP contribution is -2.13. The van der Waals surface area contributed by atoms with Crippen molar-refractivity contribution in [2.45, 2.75) is 20.5 Å². The summed E-state index contributed by atoms with van der Waals surface area (Å²) in [4.78, 5) is 12.4. The number of para-hydroxylation sites is 1. The van der Waals surface area contributed by atoms with E-state index in [0.717, 1.165) is 16.8 Å². The number of furan rings is 1. The Hall–Kier alpha value is -3.08. The first-order valence-electron chi connectivity index (χ1n) is 7.87. The van der Waals surface area contributed by atoms with Crippen molar-refractivity contribution in [3.05, 3.63) is 83.1 Å². The first-order valence-corrected chi connectivity index (χ1v) is 7.87. The van der Waals surface area contributed by atoms with Crippen molar-refractivity contribution in [1.82, 2.24) is 0 Å². The second kappa shape index (κ2) is 7.21. The second-order valence-corrected chi connectivity index (χ2v) is 5.73. The number of rotatable bonds is 5. The van der Waals surface area contributed by atoms with Gasteiger partial charge in [0.15, 0.2) is 5.76 Å². The Balaban J connectivity index is 1.64. The van der Waals surface area contributed by atoms with E-state index in [-0.39, 0.29) is 24.1 Å². The van der Waals surface area contributed by atoms with Crippen LogP contribution < -0.4 is 10.1 Å². The lowest BCUT2D eigenvalue weighted by atomic mass is 10.1. The van der Waals surface area contributed by atoms with E-state index in [1.807, 2.05) is 32.0 Å². The number of hydrogen-bond acceptors (Lipinski definition) is 3. The summed E-state index contributed by atoms with van der Waals surface area (Å²) in [5.41, 5.74) is 2.76.